The van der Waals surface area contributed by atoms with Crippen LogP contribution in [0, 0.1) is 5.92 Å². The Balaban J connectivity index is 2.54. The topological polar surface area (TPSA) is 37.4 Å². The molecule has 0 atom stereocenters. The molecule has 1 fully saturated rings. The van der Waals surface area contributed by atoms with Gasteiger partial charge in [-0.25, -0.2) is 0 Å². The first-order valence-corrected chi connectivity index (χ1v) is 4.44. The predicted molar refractivity (Wildman–Crippen MR) is 45.4 cm³/mol. The molecule has 0 N–H and O–H groups in total. The van der Waals surface area contributed by atoms with Crippen LogP contribution in [0.1, 0.15) is 32.6 Å². The summed E-state index contributed by atoms with van der Waals surface area (Å²) in [5, 5.41) is 0. The number of nitrogens with zero attached hydrogens (tertiary/aromatic N) is 1. The molecule has 3 nitrogen and oxygen atoms in total. The van der Waals surface area contributed by atoms with Crippen molar-refractivity contribution in [3.63, 3.8) is 0 Å². The molecule has 0 saturated carbocycles. The summed E-state index contributed by atoms with van der Waals surface area (Å²) in [5.74, 6) is 0.251. The van der Waals surface area contributed by atoms with Gasteiger partial charge in [0, 0.05) is 19.9 Å². The lowest BCUT2D eigenvalue weighted by molar-refractivity contribution is -0.148. The maximum atomic E-state index is 11.2. The largest absolute Gasteiger partial charge is 0.286 e. The summed E-state index contributed by atoms with van der Waals surface area (Å²) in [4.78, 5) is 23.6. The van der Waals surface area contributed by atoms with E-state index in [0.29, 0.717) is 18.8 Å². The standard InChI is InChI=1S/C9H15NO2/c1-3-4-7-5-8(11)10(2)9(12)6-7/h7H,3-6H2,1-2H3. The van der Waals surface area contributed by atoms with Crippen molar-refractivity contribution in [1.82, 2.24) is 4.90 Å². The van der Waals surface area contributed by atoms with Crippen molar-refractivity contribution in [2.75, 3.05) is 7.05 Å². The van der Waals surface area contributed by atoms with Gasteiger partial charge < -0.3 is 0 Å². The van der Waals surface area contributed by atoms with Crippen LogP contribution < -0.4 is 0 Å². The normalized spacial score (nSPS) is 20.3. The Morgan fingerprint density at radius 1 is 1.33 bits per heavy atom. The highest BCUT2D eigenvalue weighted by molar-refractivity contribution is 5.97. The number of rotatable bonds is 2. The Hall–Kier alpha value is -0.860. The molecular formula is C9H15NO2. The van der Waals surface area contributed by atoms with Crippen LogP contribution in [0.15, 0.2) is 0 Å². The van der Waals surface area contributed by atoms with Gasteiger partial charge in [0.25, 0.3) is 0 Å². The molecule has 0 radical (unpaired) electrons. The summed E-state index contributed by atoms with van der Waals surface area (Å²) >= 11 is 0. The Labute approximate surface area is 72.7 Å². The molecule has 1 heterocycles. The van der Waals surface area contributed by atoms with Gasteiger partial charge in [0.15, 0.2) is 0 Å². The highest BCUT2D eigenvalue weighted by atomic mass is 16.2. The summed E-state index contributed by atoms with van der Waals surface area (Å²) in [7, 11) is 1.56. The second-order valence-corrected chi connectivity index (χ2v) is 3.41. The van der Waals surface area contributed by atoms with Crippen molar-refractivity contribution < 1.29 is 9.59 Å². The molecule has 1 aliphatic heterocycles. The Morgan fingerprint density at radius 2 is 1.83 bits per heavy atom. The highest BCUT2D eigenvalue weighted by Crippen LogP contribution is 2.22. The van der Waals surface area contributed by atoms with Crippen molar-refractivity contribution in [2.45, 2.75) is 32.6 Å². The van der Waals surface area contributed by atoms with E-state index in [4.69, 9.17) is 0 Å². The number of imide groups is 1. The number of carbonyl (C=O) groups is 2. The molecule has 68 valence electrons. The zero-order chi connectivity index (χ0) is 9.14. The van der Waals surface area contributed by atoms with Crippen molar-refractivity contribution >= 4 is 11.8 Å². The quantitative estimate of drug-likeness (QED) is 0.582. The van der Waals surface area contributed by atoms with Gasteiger partial charge in [-0.3, -0.25) is 14.5 Å². The maximum absolute atomic E-state index is 11.2. The van der Waals surface area contributed by atoms with Crippen LogP contribution in [0.3, 0.4) is 0 Å². The third-order valence-corrected chi connectivity index (χ3v) is 2.37. The van der Waals surface area contributed by atoms with Crippen LogP contribution in [0.25, 0.3) is 0 Å². The number of hydrogen-bond donors (Lipinski definition) is 0. The first-order valence-electron chi connectivity index (χ1n) is 4.44. The molecule has 0 aromatic heterocycles. The van der Waals surface area contributed by atoms with Crippen LogP contribution in [-0.4, -0.2) is 23.8 Å². The number of likely N-dealkylation sites (tertiary alicyclic amines) is 1. The van der Waals surface area contributed by atoms with E-state index < -0.39 is 0 Å². The second kappa shape index (κ2) is 3.70. The fraction of sp³-hybridized carbons (Fsp3) is 0.778. The van der Waals surface area contributed by atoms with Gasteiger partial charge in [-0.05, 0) is 12.3 Å². The Bertz CT molecular complexity index is 183. The van der Waals surface area contributed by atoms with Crippen molar-refractivity contribution in [1.29, 1.82) is 0 Å². The minimum absolute atomic E-state index is 0.0234. The third-order valence-electron chi connectivity index (χ3n) is 2.37. The van der Waals surface area contributed by atoms with E-state index in [1.54, 1.807) is 7.05 Å². The Kier molecular flexibility index (Phi) is 2.84. The molecule has 0 aliphatic carbocycles. The molecule has 1 saturated heterocycles. The van der Waals surface area contributed by atoms with Crippen LogP contribution in [0.2, 0.25) is 0 Å². The fourth-order valence-electron chi connectivity index (χ4n) is 1.59. The number of amides is 2. The van der Waals surface area contributed by atoms with E-state index in [0.717, 1.165) is 12.8 Å². The minimum atomic E-state index is -0.0234. The zero-order valence-electron chi connectivity index (χ0n) is 7.67. The molecule has 12 heavy (non-hydrogen) atoms. The zero-order valence-corrected chi connectivity index (χ0v) is 7.67. The van der Waals surface area contributed by atoms with Crippen molar-refractivity contribution in [3.05, 3.63) is 0 Å². The molecular weight excluding hydrogens is 154 g/mol. The SMILES string of the molecule is CCCC1CC(=O)N(C)C(=O)C1. The molecule has 1 aliphatic rings. The van der Waals surface area contributed by atoms with E-state index in [9.17, 15) is 9.59 Å². The molecule has 0 bridgehead atoms. The number of hydrogen-bond acceptors (Lipinski definition) is 2. The number of carbonyl (C=O) groups excluding carboxylic acids is 2. The maximum Gasteiger partial charge on any atom is 0.229 e. The first-order chi connectivity index (χ1) is 5.65. The molecule has 2 amide bonds. The van der Waals surface area contributed by atoms with Gasteiger partial charge in [0.1, 0.15) is 0 Å². The van der Waals surface area contributed by atoms with Gasteiger partial charge >= 0.3 is 0 Å². The van der Waals surface area contributed by atoms with Gasteiger partial charge in [-0.1, -0.05) is 13.3 Å². The summed E-state index contributed by atoms with van der Waals surface area (Å²) in [6.07, 6.45) is 3.15. The molecule has 0 spiro atoms. The lowest BCUT2D eigenvalue weighted by Crippen LogP contribution is -2.40. The lowest BCUT2D eigenvalue weighted by atomic mass is 9.92. The van der Waals surface area contributed by atoms with E-state index in [1.165, 1.54) is 4.90 Å². The van der Waals surface area contributed by atoms with Gasteiger partial charge in [0.2, 0.25) is 11.8 Å². The second-order valence-electron chi connectivity index (χ2n) is 3.41. The van der Waals surface area contributed by atoms with Gasteiger partial charge in [-0.2, -0.15) is 0 Å². The molecule has 1 rings (SSSR count). The molecule has 0 unspecified atom stereocenters. The minimum Gasteiger partial charge on any atom is -0.286 e. The average Bonchev–Trinajstić information content (AvgIpc) is 2.01. The molecule has 0 aromatic rings. The molecule has 3 heteroatoms. The summed E-state index contributed by atoms with van der Waals surface area (Å²) in [6, 6.07) is 0. The van der Waals surface area contributed by atoms with E-state index in [-0.39, 0.29) is 11.8 Å². The van der Waals surface area contributed by atoms with E-state index >= 15 is 0 Å². The number of piperidine rings is 1. The summed E-state index contributed by atoms with van der Waals surface area (Å²) < 4.78 is 0. The van der Waals surface area contributed by atoms with Crippen molar-refractivity contribution in [3.8, 4) is 0 Å². The summed E-state index contributed by atoms with van der Waals surface area (Å²) in [5.41, 5.74) is 0. The van der Waals surface area contributed by atoms with Crippen molar-refractivity contribution in [2.24, 2.45) is 5.92 Å². The van der Waals surface area contributed by atoms with Crippen LogP contribution >= 0.6 is 0 Å². The average molecular weight is 169 g/mol. The van der Waals surface area contributed by atoms with Crippen LogP contribution in [-0.2, 0) is 9.59 Å². The fourth-order valence-corrected chi connectivity index (χ4v) is 1.59. The van der Waals surface area contributed by atoms with E-state index in [2.05, 4.69) is 6.92 Å². The Morgan fingerprint density at radius 3 is 2.25 bits per heavy atom. The van der Waals surface area contributed by atoms with Crippen LogP contribution in [0.5, 0.6) is 0 Å². The van der Waals surface area contributed by atoms with E-state index in [1.807, 2.05) is 0 Å². The van der Waals surface area contributed by atoms with Gasteiger partial charge in [0.05, 0.1) is 0 Å². The monoisotopic (exact) mass is 169 g/mol. The predicted octanol–water partition coefficient (Wildman–Crippen LogP) is 1.18. The van der Waals surface area contributed by atoms with Crippen LogP contribution in [0.4, 0.5) is 0 Å². The third kappa shape index (κ3) is 1.84. The highest BCUT2D eigenvalue weighted by Gasteiger charge is 2.28. The first kappa shape index (κ1) is 9.23. The smallest absolute Gasteiger partial charge is 0.229 e. The molecule has 0 aromatic carbocycles. The lowest BCUT2D eigenvalue weighted by Gasteiger charge is -2.26. The van der Waals surface area contributed by atoms with Gasteiger partial charge in [-0.15, -0.1) is 0 Å². The summed E-state index contributed by atoms with van der Waals surface area (Å²) in [6.45, 7) is 2.08.